The van der Waals surface area contributed by atoms with Gasteiger partial charge in [-0.1, -0.05) is 19.1 Å². The zero-order valence-corrected chi connectivity index (χ0v) is 16.5. The molecule has 0 aliphatic carbocycles. The number of carbonyl (C=O) groups excluding carboxylic acids is 2. The van der Waals surface area contributed by atoms with Gasteiger partial charge in [0.25, 0.3) is 5.91 Å². The van der Waals surface area contributed by atoms with Gasteiger partial charge in [-0.05, 0) is 41.8 Å². The topological polar surface area (TPSA) is 118 Å². The highest BCUT2D eigenvalue weighted by Crippen LogP contribution is 2.30. The summed E-state index contributed by atoms with van der Waals surface area (Å²) in [5.41, 5.74) is 1.28. The van der Waals surface area contributed by atoms with Gasteiger partial charge in [0, 0.05) is 17.5 Å². The number of aliphatic carboxylic acids is 1. The zero-order chi connectivity index (χ0) is 21.7. The Hall–Kier alpha value is -3.81. The number of methoxy groups -OCH3 is 1. The maximum Gasteiger partial charge on any atom is 0.336 e. The summed E-state index contributed by atoms with van der Waals surface area (Å²) in [5.74, 6) is -0.956. The number of hydrogen-bond acceptors (Lipinski definition) is 7. The molecule has 1 aromatic heterocycles. The average Bonchev–Trinajstić information content (AvgIpc) is 2.75. The Morgan fingerprint density at radius 1 is 1.10 bits per heavy atom. The van der Waals surface area contributed by atoms with Gasteiger partial charge in [0.1, 0.15) is 17.1 Å². The van der Waals surface area contributed by atoms with E-state index in [1.165, 1.54) is 12.1 Å². The number of carboxylic acids is 1. The van der Waals surface area contributed by atoms with Crippen molar-refractivity contribution in [3.63, 3.8) is 0 Å². The van der Waals surface area contributed by atoms with E-state index in [1.54, 1.807) is 38.3 Å². The van der Waals surface area contributed by atoms with Crippen LogP contribution < -0.4 is 25.5 Å². The fraction of sp³-hybridized carbons (Fsp3) is 0.227. The minimum atomic E-state index is -1.36. The molecule has 3 aromatic rings. The molecule has 0 saturated heterocycles. The number of carbonyl (C=O) groups is 2. The number of fused-ring (bicyclic) bond motifs is 1. The summed E-state index contributed by atoms with van der Waals surface area (Å²) in [5, 5.41) is 13.9. The molecule has 8 heteroatoms. The maximum absolute atomic E-state index is 12.0. The van der Waals surface area contributed by atoms with Crippen LogP contribution in [-0.4, -0.2) is 31.6 Å². The third-order valence-corrected chi connectivity index (χ3v) is 4.51. The molecule has 2 aromatic carbocycles. The second-order valence-corrected chi connectivity index (χ2v) is 6.50. The van der Waals surface area contributed by atoms with Crippen LogP contribution in [0.3, 0.4) is 0 Å². The van der Waals surface area contributed by atoms with Crippen LogP contribution >= 0.6 is 0 Å². The third-order valence-electron chi connectivity index (χ3n) is 4.51. The quantitative estimate of drug-likeness (QED) is 0.559. The molecule has 1 amide bonds. The summed E-state index contributed by atoms with van der Waals surface area (Å²) < 4.78 is 15.9. The van der Waals surface area contributed by atoms with Crippen LogP contribution in [0.15, 0.2) is 57.7 Å². The van der Waals surface area contributed by atoms with E-state index in [2.05, 4.69) is 5.32 Å². The molecule has 8 nitrogen and oxygen atoms in total. The van der Waals surface area contributed by atoms with Gasteiger partial charge in [-0.2, -0.15) is 0 Å². The number of nitrogens with one attached hydrogen (secondary N) is 1. The SMILES string of the molecule is CC[C@H](NC(=O)COc1ccc2c(-c3ccc(OC)cc3)cc(=O)oc2c1)C(=O)[O-]. The maximum atomic E-state index is 12.0. The van der Waals surface area contributed by atoms with Gasteiger partial charge in [0.05, 0.1) is 19.1 Å². The van der Waals surface area contributed by atoms with Crippen molar-refractivity contribution in [1.29, 1.82) is 0 Å². The average molecular weight is 410 g/mol. The standard InChI is InChI=1S/C22H21NO7/c1-3-18(22(26)27)23-20(24)12-29-15-8-9-16-17(11-21(25)30-19(16)10-15)13-4-6-14(28-2)7-5-13/h4-11,18H,3,12H2,1-2H3,(H,23,24)(H,26,27)/p-1/t18-/m0/s1. The molecule has 0 fully saturated rings. The van der Waals surface area contributed by atoms with Gasteiger partial charge < -0.3 is 29.1 Å². The summed E-state index contributed by atoms with van der Waals surface area (Å²) >= 11 is 0. The van der Waals surface area contributed by atoms with Crippen molar-refractivity contribution in [3.05, 3.63) is 59.0 Å². The van der Waals surface area contributed by atoms with Crippen molar-refractivity contribution in [2.75, 3.05) is 13.7 Å². The molecule has 0 saturated carbocycles. The molecular weight excluding hydrogens is 390 g/mol. The van der Waals surface area contributed by atoms with E-state index in [4.69, 9.17) is 13.9 Å². The van der Waals surface area contributed by atoms with Crippen molar-refractivity contribution < 1.29 is 28.6 Å². The number of benzene rings is 2. The van der Waals surface area contributed by atoms with Crippen LogP contribution in [0.1, 0.15) is 13.3 Å². The predicted octanol–water partition coefficient (Wildman–Crippen LogP) is 1.49. The number of ether oxygens (including phenoxy) is 2. The first-order chi connectivity index (χ1) is 14.4. The minimum absolute atomic E-state index is 0.198. The molecule has 156 valence electrons. The van der Waals surface area contributed by atoms with Crippen LogP contribution in [0, 0.1) is 0 Å². The van der Waals surface area contributed by atoms with Gasteiger partial charge in [0.2, 0.25) is 0 Å². The lowest BCUT2D eigenvalue weighted by Gasteiger charge is -2.17. The number of carboxylic acid groups (broad SMARTS) is 1. The molecule has 0 radical (unpaired) electrons. The molecule has 0 aliphatic rings. The Morgan fingerprint density at radius 3 is 2.43 bits per heavy atom. The molecule has 1 N–H and O–H groups in total. The lowest BCUT2D eigenvalue weighted by Crippen LogP contribution is -2.48. The van der Waals surface area contributed by atoms with Crippen LogP contribution in [0.25, 0.3) is 22.1 Å². The summed E-state index contributed by atoms with van der Waals surface area (Å²) in [4.78, 5) is 34.8. The lowest BCUT2D eigenvalue weighted by atomic mass is 10.0. The molecule has 0 spiro atoms. The lowest BCUT2D eigenvalue weighted by molar-refractivity contribution is -0.308. The van der Waals surface area contributed by atoms with Gasteiger partial charge >= 0.3 is 5.63 Å². The number of hydrogen-bond donors (Lipinski definition) is 1. The Balaban J connectivity index is 1.82. The Labute approximate surface area is 172 Å². The van der Waals surface area contributed by atoms with Crippen molar-refractivity contribution >= 4 is 22.8 Å². The largest absolute Gasteiger partial charge is 0.548 e. The van der Waals surface area contributed by atoms with Crippen LogP contribution in [0.4, 0.5) is 0 Å². The summed E-state index contributed by atoms with van der Waals surface area (Å²) in [6, 6.07) is 12.5. The smallest absolute Gasteiger partial charge is 0.336 e. The normalized spacial score (nSPS) is 11.7. The molecule has 30 heavy (non-hydrogen) atoms. The fourth-order valence-electron chi connectivity index (χ4n) is 2.95. The van der Waals surface area contributed by atoms with Crippen LogP contribution in [0.5, 0.6) is 11.5 Å². The number of rotatable bonds is 8. The van der Waals surface area contributed by atoms with Crippen LogP contribution in [-0.2, 0) is 9.59 Å². The summed E-state index contributed by atoms with van der Waals surface area (Å²) in [7, 11) is 1.57. The second kappa shape index (κ2) is 9.13. The second-order valence-electron chi connectivity index (χ2n) is 6.50. The van der Waals surface area contributed by atoms with Crippen molar-refractivity contribution in [2.24, 2.45) is 0 Å². The fourth-order valence-corrected chi connectivity index (χ4v) is 2.95. The monoisotopic (exact) mass is 410 g/mol. The minimum Gasteiger partial charge on any atom is -0.548 e. The van der Waals surface area contributed by atoms with E-state index in [1.807, 2.05) is 12.1 Å². The third kappa shape index (κ3) is 4.78. The van der Waals surface area contributed by atoms with Gasteiger partial charge in [-0.25, -0.2) is 4.79 Å². The highest BCUT2D eigenvalue weighted by molar-refractivity contribution is 5.94. The predicted molar refractivity (Wildman–Crippen MR) is 107 cm³/mol. The van der Waals surface area contributed by atoms with E-state index in [0.717, 1.165) is 5.56 Å². The van der Waals surface area contributed by atoms with E-state index in [0.29, 0.717) is 28.0 Å². The van der Waals surface area contributed by atoms with Crippen molar-refractivity contribution in [3.8, 4) is 22.6 Å². The molecule has 0 unspecified atom stereocenters. The highest BCUT2D eigenvalue weighted by Gasteiger charge is 2.13. The van der Waals surface area contributed by atoms with Gasteiger partial charge in [-0.15, -0.1) is 0 Å². The zero-order valence-electron chi connectivity index (χ0n) is 16.5. The van der Waals surface area contributed by atoms with Crippen molar-refractivity contribution in [2.45, 2.75) is 19.4 Å². The van der Waals surface area contributed by atoms with Gasteiger partial charge in [0.15, 0.2) is 6.61 Å². The molecule has 0 aliphatic heterocycles. The highest BCUT2D eigenvalue weighted by atomic mass is 16.5. The first-order valence-electron chi connectivity index (χ1n) is 9.26. The van der Waals surface area contributed by atoms with Crippen LogP contribution in [0.2, 0.25) is 0 Å². The summed E-state index contributed by atoms with van der Waals surface area (Å²) in [6.45, 7) is 1.23. The molecule has 1 atom stereocenters. The van der Waals surface area contributed by atoms with Crippen molar-refractivity contribution in [1.82, 2.24) is 5.32 Å². The molecule has 3 rings (SSSR count). The first kappa shape index (κ1) is 20.9. The van der Waals surface area contributed by atoms with E-state index in [-0.39, 0.29) is 6.42 Å². The Morgan fingerprint density at radius 2 is 1.80 bits per heavy atom. The molecule has 0 bridgehead atoms. The van der Waals surface area contributed by atoms with Gasteiger partial charge in [-0.3, -0.25) is 4.79 Å². The molecule has 1 heterocycles. The van der Waals surface area contributed by atoms with E-state index >= 15 is 0 Å². The van der Waals surface area contributed by atoms with E-state index < -0.39 is 30.2 Å². The molecular formula is C22H20NO7-. The van der Waals surface area contributed by atoms with E-state index in [9.17, 15) is 19.5 Å². The first-order valence-corrected chi connectivity index (χ1v) is 9.26. The Kier molecular flexibility index (Phi) is 6.36. The summed E-state index contributed by atoms with van der Waals surface area (Å²) in [6.07, 6.45) is 0.198. The number of amides is 1. The Bertz CT molecular complexity index is 1120.